The standard InChI is InChI=1S/C41H45N5O7/c1-5-41(6-2,30-10-15-34(16-11-30)53-26-32-20-22-43-38(44-32)27(3)48)29-8-13-33(14-9-29)52-23-7-21-42-31-12-17-35(28(24-31)25-47)40(51)46(4)36-18-19-37(49)45-39(36)50/h8-17,20,22,24-25,36,42H,5-7,18-19,21,23,26H2,1-4H3,(H,45,49,50). The van der Waals surface area contributed by atoms with Gasteiger partial charge >= 0.3 is 0 Å². The topological polar surface area (TPSA) is 157 Å². The summed E-state index contributed by atoms with van der Waals surface area (Å²) in [6.45, 7) is 7.10. The lowest BCUT2D eigenvalue weighted by atomic mass is 9.70. The summed E-state index contributed by atoms with van der Waals surface area (Å²) in [6, 6.07) is 22.2. The van der Waals surface area contributed by atoms with Gasteiger partial charge in [0.25, 0.3) is 5.91 Å². The highest BCUT2D eigenvalue weighted by Crippen LogP contribution is 2.40. The van der Waals surface area contributed by atoms with E-state index in [9.17, 15) is 24.0 Å². The lowest BCUT2D eigenvalue weighted by Gasteiger charge is -2.33. The van der Waals surface area contributed by atoms with Crippen molar-refractivity contribution in [2.75, 3.05) is 25.5 Å². The lowest BCUT2D eigenvalue weighted by Crippen LogP contribution is -2.53. The number of ether oxygens (including phenoxy) is 2. The van der Waals surface area contributed by atoms with Crippen LogP contribution < -0.4 is 20.1 Å². The zero-order valence-electron chi connectivity index (χ0n) is 30.5. The number of aldehydes is 1. The van der Waals surface area contributed by atoms with Crippen molar-refractivity contribution in [3.8, 4) is 11.5 Å². The number of imide groups is 1. The minimum absolute atomic E-state index is 0.150. The summed E-state index contributed by atoms with van der Waals surface area (Å²) in [7, 11) is 1.49. The second-order valence-corrected chi connectivity index (χ2v) is 13.0. The maximum Gasteiger partial charge on any atom is 0.255 e. The van der Waals surface area contributed by atoms with E-state index in [1.807, 2.05) is 24.3 Å². The first-order chi connectivity index (χ1) is 25.6. The fraction of sp³-hybridized carbons (Fsp3) is 0.341. The van der Waals surface area contributed by atoms with Crippen molar-refractivity contribution in [2.24, 2.45) is 0 Å². The number of ketones is 1. The number of carbonyl (C=O) groups is 5. The number of amides is 3. The molecular formula is C41H45N5O7. The number of carbonyl (C=O) groups excluding carboxylic acids is 5. The Hall–Kier alpha value is -5.91. The summed E-state index contributed by atoms with van der Waals surface area (Å²) >= 11 is 0. The number of hydrogen-bond donors (Lipinski definition) is 2. The van der Waals surface area contributed by atoms with Gasteiger partial charge in [-0.2, -0.15) is 0 Å². The number of rotatable bonds is 17. The summed E-state index contributed by atoms with van der Waals surface area (Å²) in [5.41, 5.74) is 3.90. The van der Waals surface area contributed by atoms with Gasteiger partial charge in [-0.3, -0.25) is 29.3 Å². The number of nitrogens with one attached hydrogen (secondary N) is 2. The molecule has 0 bridgehead atoms. The molecule has 0 radical (unpaired) electrons. The molecule has 3 aromatic carbocycles. The molecule has 1 aliphatic heterocycles. The van der Waals surface area contributed by atoms with Gasteiger partial charge in [-0.05, 0) is 85.3 Å². The van der Waals surface area contributed by atoms with Gasteiger partial charge in [0.15, 0.2) is 17.9 Å². The maximum atomic E-state index is 13.1. The first-order valence-corrected chi connectivity index (χ1v) is 17.8. The second kappa shape index (κ2) is 17.5. The third-order valence-electron chi connectivity index (χ3n) is 9.76. The van der Waals surface area contributed by atoms with Crippen molar-refractivity contribution in [1.82, 2.24) is 20.2 Å². The largest absolute Gasteiger partial charge is 0.494 e. The molecule has 53 heavy (non-hydrogen) atoms. The number of hydrogen-bond acceptors (Lipinski definition) is 10. The van der Waals surface area contributed by atoms with Crippen LogP contribution in [0, 0.1) is 0 Å². The average Bonchev–Trinajstić information content (AvgIpc) is 3.18. The number of Topliss-reactive ketones (excluding diaryl/α,β-unsaturated/α-hetero) is 1. The monoisotopic (exact) mass is 719 g/mol. The molecule has 0 spiro atoms. The predicted molar refractivity (Wildman–Crippen MR) is 199 cm³/mol. The molecule has 1 fully saturated rings. The molecule has 12 heteroatoms. The number of nitrogens with zero attached hydrogens (tertiary/aromatic N) is 3. The molecule has 3 amide bonds. The smallest absolute Gasteiger partial charge is 0.255 e. The van der Waals surface area contributed by atoms with Crippen molar-refractivity contribution >= 4 is 35.5 Å². The van der Waals surface area contributed by atoms with E-state index >= 15 is 0 Å². The third kappa shape index (κ3) is 9.12. The van der Waals surface area contributed by atoms with Gasteiger partial charge in [0.2, 0.25) is 11.8 Å². The molecule has 1 atom stereocenters. The Morgan fingerprint density at radius 3 is 2.23 bits per heavy atom. The Morgan fingerprint density at radius 1 is 0.962 bits per heavy atom. The minimum Gasteiger partial charge on any atom is -0.494 e. The fourth-order valence-electron chi connectivity index (χ4n) is 6.62. The summed E-state index contributed by atoms with van der Waals surface area (Å²) < 4.78 is 12.0. The van der Waals surface area contributed by atoms with Gasteiger partial charge in [-0.1, -0.05) is 38.1 Å². The Morgan fingerprint density at radius 2 is 1.62 bits per heavy atom. The van der Waals surface area contributed by atoms with Crippen molar-refractivity contribution in [2.45, 2.75) is 70.9 Å². The predicted octanol–water partition coefficient (Wildman–Crippen LogP) is 5.94. The van der Waals surface area contributed by atoms with E-state index in [0.717, 1.165) is 18.6 Å². The normalized spacial score (nSPS) is 14.2. The second-order valence-electron chi connectivity index (χ2n) is 13.0. The Kier molecular flexibility index (Phi) is 12.7. The van der Waals surface area contributed by atoms with E-state index in [4.69, 9.17) is 9.47 Å². The van der Waals surface area contributed by atoms with Crippen molar-refractivity contribution < 1.29 is 33.4 Å². The van der Waals surface area contributed by atoms with Crippen LogP contribution >= 0.6 is 0 Å². The third-order valence-corrected chi connectivity index (χ3v) is 9.76. The van der Waals surface area contributed by atoms with Crippen molar-refractivity contribution in [3.63, 3.8) is 0 Å². The number of likely N-dealkylation sites (N-methyl/N-ethyl adjacent to an activating group) is 1. The number of piperidine rings is 1. The van der Waals surface area contributed by atoms with Crippen LogP contribution in [-0.2, 0) is 21.6 Å². The zero-order valence-corrected chi connectivity index (χ0v) is 30.5. The summed E-state index contributed by atoms with van der Waals surface area (Å²) in [5, 5.41) is 5.53. The minimum atomic E-state index is -0.777. The molecular weight excluding hydrogens is 674 g/mol. The molecule has 1 aromatic heterocycles. The fourth-order valence-corrected chi connectivity index (χ4v) is 6.62. The summed E-state index contributed by atoms with van der Waals surface area (Å²) in [5.74, 6) is 0.118. The van der Waals surface area contributed by atoms with Gasteiger partial charge in [0.05, 0.1) is 17.9 Å². The van der Waals surface area contributed by atoms with Gasteiger partial charge in [-0.15, -0.1) is 0 Å². The van der Waals surface area contributed by atoms with Crippen LogP contribution in [0.4, 0.5) is 5.69 Å². The van der Waals surface area contributed by atoms with Crippen LogP contribution in [0.2, 0.25) is 0 Å². The van der Waals surface area contributed by atoms with E-state index < -0.39 is 17.9 Å². The van der Waals surface area contributed by atoms with Crippen molar-refractivity contribution in [3.05, 3.63) is 113 Å². The first-order valence-electron chi connectivity index (χ1n) is 17.8. The SMILES string of the molecule is CCC(CC)(c1ccc(OCCCNc2ccc(C(=O)N(C)C3CCC(=O)NC3=O)c(C=O)c2)cc1)c1ccc(OCc2ccnc(C(C)=O)n2)cc1. The number of anilines is 1. The van der Waals surface area contributed by atoms with Crippen LogP contribution in [-0.4, -0.2) is 70.9 Å². The van der Waals surface area contributed by atoms with E-state index in [-0.39, 0.29) is 53.5 Å². The van der Waals surface area contributed by atoms with E-state index in [0.29, 0.717) is 43.0 Å². The molecule has 5 rings (SSSR count). The van der Waals surface area contributed by atoms with Gasteiger partial charge in [-0.25, -0.2) is 9.97 Å². The number of benzene rings is 3. The molecule has 276 valence electrons. The number of aromatic nitrogens is 2. The van der Waals surface area contributed by atoms with Crippen molar-refractivity contribution in [1.29, 1.82) is 0 Å². The van der Waals surface area contributed by atoms with Crippen LogP contribution in [0.15, 0.2) is 79.0 Å². The maximum absolute atomic E-state index is 13.1. The molecule has 0 saturated carbocycles. The van der Waals surface area contributed by atoms with E-state index in [1.54, 1.807) is 30.5 Å². The molecule has 4 aromatic rings. The molecule has 2 N–H and O–H groups in total. The summed E-state index contributed by atoms with van der Waals surface area (Å²) in [6.07, 6.45) is 5.06. The zero-order chi connectivity index (χ0) is 38.0. The van der Waals surface area contributed by atoms with Gasteiger partial charge in [0, 0.05) is 49.8 Å². The van der Waals surface area contributed by atoms with Gasteiger partial charge < -0.3 is 19.7 Å². The van der Waals surface area contributed by atoms with Crippen LogP contribution in [0.3, 0.4) is 0 Å². The first kappa shape index (κ1) is 38.3. The van der Waals surface area contributed by atoms with Crippen LogP contribution in [0.1, 0.15) is 101 Å². The molecule has 1 unspecified atom stereocenters. The Labute approximate surface area is 309 Å². The highest BCUT2D eigenvalue weighted by atomic mass is 16.5. The molecule has 2 heterocycles. The van der Waals surface area contributed by atoms with Crippen LogP contribution in [0.5, 0.6) is 11.5 Å². The Balaban J connectivity index is 1.12. The lowest BCUT2D eigenvalue weighted by molar-refractivity contribution is -0.136. The molecule has 12 nitrogen and oxygen atoms in total. The highest BCUT2D eigenvalue weighted by Gasteiger charge is 2.33. The highest BCUT2D eigenvalue weighted by molar-refractivity contribution is 6.06. The van der Waals surface area contributed by atoms with E-state index in [2.05, 4.69) is 58.7 Å². The molecule has 1 aliphatic rings. The van der Waals surface area contributed by atoms with Crippen LogP contribution in [0.25, 0.3) is 0 Å². The average molecular weight is 720 g/mol. The summed E-state index contributed by atoms with van der Waals surface area (Å²) in [4.78, 5) is 69.8. The molecule has 1 saturated heterocycles. The molecule has 0 aliphatic carbocycles. The Bertz CT molecular complexity index is 1940. The van der Waals surface area contributed by atoms with E-state index in [1.165, 1.54) is 30.0 Å². The van der Waals surface area contributed by atoms with Gasteiger partial charge in [0.1, 0.15) is 24.1 Å². The quantitative estimate of drug-likeness (QED) is 0.0580.